The van der Waals surface area contributed by atoms with Gasteiger partial charge in [-0.15, -0.1) is 0 Å². The van der Waals surface area contributed by atoms with Crippen LogP contribution in [-0.2, 0) is 0 Å². The number of carbonyl (C=O) groups is 1. The van der Waals surface area contributed by atoms with E-state index in [1.165, 1.54) is 12.1 Å². The number of aromatic carboxylic acids is 1. The molecular weight excluding hydrogens is 256 g/mol. The average Bonchev–Trinajstić information content (AvgIpc) is 2.47. The molecule has 4 nitrogen and oxygen atoms in total. The van der Waals surface area contributed by atoms with E-state index >= 15 is 0 Å². The molecule has 4 heteroatoms. The Hall–Kier alpha value is -2.88. The molecular formula is C16H10O4. The van der Waals surface area contributed by atoms with Gasteiger partial charge in [-0.3, -0.25) is 0 Å². The number of rotatable bonds is 2. The summed E-state index contributed by atoms with van der Waals surface area (Å²) in [6, 6.07) is 15.4. The first kappa shape index (κ1) is 12.2. The maximum absolute atomic E-state index is 12.0. The lowest BCUT2D eigenvalue weighted by Gasteiger charge is -2.03. The fraction of sp³-hybridized carbons (Fsp3) is 0. The van der Waals surface area contributed by atoms with Gasteiger partial charge < -0.3 is 9.52 Å². The Balaban J connectivity index is 2.24. The van der Waals surface area contributed by atoms with Crippen LogP contribution in [0.3, 0.4) is 0 Å². The van der Waals surface area contributed by atoms with Crippen LogP contribution < -0.4 is 5.63 Å². The molecule has 1 N–H and O–H groups in total. The first-order valence-electron chi connectivity index (χ1n) is 6.02. The van der Waals surface area contributed by atoms with Gasteiger partial charge >= 0.3 is 11.6 Å². The summed E-state index contributed by atoms with van der Waals surface area (Å²) in [4.78, 5) is 22.9. The quantitative estimate of drug-likeness (QED) is 0.773. The predicted molar refractivity (Wildman–Crippen MR) is 74.9 cm³/mol. The van der Waals surface area contributed by atoms with Gasteiger partial charge in [-0.1, -0.05) is 36.4 Å². The van der Waals surface area contributed by atoms with Gasteiger partial charge in [0.2, 0.25) is 0 Å². The maximum Gasteiger partial charge on any atom is 0.344 e. The van der Waals surface area contributed by atoms with Crippen molar-refractivity contribution in [1.82, 2.24) is 0 Å². The second-order valence-corrected chi connectivity index (χ2v) is 4.37. The van der Waals surface area contributed by atoms with Crippen molar-refractivity contribution in [2.45, 2.75) is 0 Å². The highest BCUT2D eigenvalue weighted by atomic mass is 16.4. The van der Waals surface area contributed by atoms with Crippen LogP contribution in [0.4, 0.5) is 0 Å². The number of hydrogen-bond donors (Lipinski definition) is 1. The van der Waals surface area contributed by atoms with Gasteiger partial charge in [0.05, 0.1) is 10.9 Å². The zero-order chi connectivity index (χ0) is 14.1. The third kappa shape index (κ3) is 2.07. The van der Waals surface area contributed by atoms with Gasteiger partial charge in [-0.25, -0.2) is 9.59 Å². The van der Waals surface area contributed by atoms with Crippen molar-refractivity contribution >= 4 is 16.7 Å². The van der Waals surface area contributed by atoms with Crippen molar-refractivity contribution in [3.05, 3.63) is 70.6 Å². The number of benzene rings is 2. The van der Waals surface area contributed by atoms with E-state index in [9.17, 15) is 9.59 Å². The van der Waals surface area contributed by atoms with Gasteiger partial charge in [0.25, 0.3) is 0 Å². The van der Waals surface area contributed by atoms with Gasteiger partial charge in [0.1, 0.15) is 5.76 Å². The maximum atomic E-state index is 12.0. The molecule has 3 rings (SSSR count). The van der Waals surface area contributed by atoms with Crippen LogP contribution in [0, 0.1) is 0 Å². The van der Waals surface area contributed by atoms with Crippen LogP contribution in [0.25, 0.3) is 22.1 Å². The van der Waals surface area contributed by atoms with Crippen molar-refractivity contribution in [2.75, 3.05) is 0 Å². The summed E-state index contributed by atoms with van der Waals surface area (Å²) in [7, 11) is 0. The number of carboxylic acids is 1. The standard InChI is InChI=1S/C16H10O4/c17-15(18)12-7-6-11-9-14(10-4-2-1-3-5-10)20-16(19)13(11)8-12/h1-9H,(H,17,18). The van der Waals surface area contributed by atoms with Crippen LogP contribution in [0.1, 0.15) is 10.4 Å². The van der Waals surface area contributed by atoms with Gasteiger partial charge in [0.15, 0.2) is 0 Å². The van der Waals surface area contributed by atoms with Crippen molar-refractivity contribution in [3.63, 3.8) is 0 Å². The van der Waals surface area contributed by atoms with Crippen LogP contribution in [0.2, 0.25) is 0 Å². The van der Waals surface area contributed by atoms with E-state index in [-0.39, 0.29) is 10.9 Å². The van der Waals surface area contributed by atoms with Gasteiger partial charge in [0, 0.05) is 5.56 Å². The molecule has 0 unspecified atom stereocenters. The summed E-state index contributed by atoms with van der Waals surface area (Å²) in [5, 5.41) is 9.86. The lowest BCUT2D eigenvalue weighted by atomic mass is 10.1. The molecule has 0 radical (unpaired) electrons. The Kier molecular flexibility index (Phi) is 2.84. The summed E-state index contributed by atoms with van der Waals surface area (Å²) in [5.41, 5.74) is 0.329. The van der Waals surface area contributed by atoms with Crippen LogP contribution >= 0.6 is 0 Å². The molecule has 0 saturated heterocycles. The smallest absolute Gasteiger partial charge is 0.344 e. The minimum Gasteiger partial charge on any atom is -0.478 e. The molecule has 0 saturated carbocycles. The van der Waals surface area contributed by atoms with E-state index in [2.05, 4.69) is 0 Å². The highest BCUT2D eigenvalue weighted by Crippen LogP contribution is 2.22. The average molecular weight is 266 g/mol. The molecule has 0 aliphatic heterocycles. The van der Waals surface area contributed by atoms with E-state index in [1.807, 2.05) is 30.3 Å². The molecule has 2 aromatic carbocycles. The molecule has 0 amide bonds. The molecule has 0 aliphatic carbocycles. The van der Waals surface area contributed by atoms with Gasteiger partial charge in [-0.05, 0) is 23.6 Å². The van der Waals surface area contributed by atoms with Crippen molar-refractivity contribution in [2.24, 2.45) is 0 Å². The second-order valence-electron chi connectivity index (χ2n) is 4.37. The first-order chi connectivity index (χ1) is 9.65. The number of carboxylic acid groups (broad SMARTS) is 1. The summed E-state index contributed by atoms with van der Waals surface area (Å²) < 4.78 is 5.26. The third-order valence-corrected chi connectivity index (χ3v) is 3.07. The monoisotopic (exact) mass is 266 g/mol. The Morgan fingerprint density at radius 1 is 1.00 bits per heavy atom. The summed E-state index contributed by atoms with van der Waals surface area (Å²) in [6.07, 6.45) is 0. The highest BCUT2D eigenvalue weighted by Gasteiger charge is 2.09. The third-order valence-electron chi connectivity index (χ3n) is 3.07. The fourth-order valence-electron chi connectivity index (χ4n) is 2.06. The Morgan fingerprint density at radius 3 is 2.45 bits per heavy atom. The lowest BCUT2D eigenvalue weighted by Crippen LogP contribution is -2.03. The lowest BCUT2D eigenvalue weighted by molar-refractivity contribution is 0.0697. The molecule has 1 heterocycles. The zero-order valence-corrected chi connectivity index (χ0v) is 10.4. The minimum atomic E-state index is -1.07. The van der Waals surface area contributed by atoms with Crippen molar-refractivity contribution in [3.8, 4) is 11.3 Å². The van der Waals surface area contributed by atoms with Crippen LogP contribution in [-0.4, -0.2) is 11.1 Å². The largest absolute Gasteiger partial charge is 0.478 e. The fourth-order valence-corrected chi connectivity index (χ4v) is 2.06. The van der Waals surface area contributed by atoms with Crippen molar-refractivity contribution in [1.29, 1.82) is 0 Å². The van der Waals surface area contributed by atoms with E-state index in [1.54, 1.807) is 12.1 Å². The van der Waals surface area contributed by atoms with Crippen molar-refractivity contribution < 1.29 is 14.3 Å². The Labute approximate surface area is 113 Å². The van der Waals surface area contributed by atoms with Crippen LogP contribution in [0.5, 0.6) is 0 Å². The molecule has 0 atom stereocenters. The van der Waals surface area contributed by atoms with Crippen LogP contribution in [0.15, 0.2) is 63.8 Å². The Bertz CT molecular complexity index is 847. The normalized spacial score (nSPS) is 10.6. The molecule has 98 valence electrons. The molecule has 3 aromatic rings. The molecule has 0 fully saturated rings. The summed E-state index contributed by atoms with van der Waals surface area (Å²) in [6.45, 7) is 0. The molecule has 20 heavy (non-hydrogen) atoms. The summed E-state index contributed by atoms with van der Waals surface area (Å²) in [5.74, 6) is -0.607. The van der Waals surface area contributed by atoms with Gasteiger partial charge in [-0.2, -0.15) is 0 Å². The predicted octanol–water partition coefficient (Wildman–Crippen LogP) is 3.16. The van der Waals surface area contributed by atoms with E-state index in [4.69, 9.17) is 9.52 Å². The second kappa shape index (κ2) is 4.66. The van der Waals surface area contributed by atoms with E-state index in [0.717, 1.165) is 5.56 Å². The minimum absolute atomic E-state index is 0.0669. The number of hydrogen-bond acceptors (Lipinski definition) is 3. The summed E-state index contributed by atoms with van der Waals surface area (Å²) >= 11 is 0. The molecule has 1 aromatic heterocycles. The van der Waals surface area contributed by atoms with E-state index in [0.29, 0.717) is 11.1 Å². The van der Waals surface area contributed by atoms with E-state index < -0.39 is 11.6 Å². The SMILES string of the molecule is O=C(O)c1ccc2cc(-c3ccccc3)oc(=O)c2c1. The Morgan fingerprint density at radius 2 is 1.75 bits per heavy atom. The molecule has 0 spiro atoms. The molecule has 0 bridgehead atoms. The highest BCUT2D eigenvalue weighted by molar-refractivity contribution is 5.94. The number of fused-ring (bicyclic) bond motifs is 1. The topological polar surface area (TPSA) is 67.5 Å². The molecule has 0 aliphatic rings. The zero-order valence-electron chi connectivity index (χ0n) is 10.4. The first-order valence-corrected chi connectivity index (χ1v) is 6.02.